The predicted molar refractivity (Wildman–Crippen MR) is 108 cm³/mol. The Bertz CT molecular complexity index is 1170. The molecule has 0 spiro atoms. The van der Waals surface area contributed by atoms with Crippen LogP contribution in [0.3, 0.4) is 0 Å². The number of ether oxygens (including phenoxy) is 1. The van der Waals surface area contributed by atoms with Crippen molar-refractivity contribution < 1.29 is 9.53 Å². The second kappa shape index (κ2) is 7.01. The van der Waals surface area contributed by atoms with Gasteiger partial charge in [0.1, 0.15) is 17.7 Å². The maximum Gasteiger partial charge on any atom is 0.258 e. The Kier molecular flexibility index (Phi) is 4.20. The van der Waals surface area contributed by atoms with Crippen molar-refractivity contribution in [1.29, 1.82) is 0 Å². The van der Waals surface area contributed by atoms with Gasteiger partial charge in [-0.05, 0) is 29.3 Å². The molecule has 1 aliphatic heterocycles. The van der Waals surface area contributed by atoms with Crippen LogP contribution in [0.4, 0.5) is 0 Å². The molecule has 7 nitrogen and oxygen atoms in total. The molecule has 0 N–H and O–H groups in total. The molecular weight excluding hydrogens is 366 g/mol. The maximum absolute atomic E-state index is 13.1. The first-order valence-corrected chi connectivity index (χ1v) is 9.42. The van der Waals surface area contributed by atoms with Crippen molar-refractivity contribution in [2.75, 3.05) is 13.7 Å². The Morgan fingerprint density at radius 2 is 2.00 bits per heavy atom. The van der Waals surface area contributed by atoms with E-state index < -0.39 is 0 Å². The molecule has 1 aromatic carbocycles. The fourth-order valence-corrected chi connectivity index (χ4v) is 3.86. The number of carbonyl (C=O) groups is 1. The van der Waals surface area contributed by atoms with Crippen molar-refractivity contribution in [2.45, 2.75) is 13.0 Å². The molecular formula is C22H19N5O2. The van der Waals surface area contributed by atoms with Crippen LogP contribution in [0.25, 0.3) is 16.8 Å². The van der Waals surface area contributed by atoms with Crippen LogP contribution in [0.2, 0.25) is 0 Å². The van der Waals surface area contributed by atoms with E-state index in [0.717, 1.165) is 28.0 Å². The standard InChI is InChI=1S/C22H19N5O2/c1-29-19-6-5-17(15-10-23-14-24-11-15)18-13-27(22(28)21(18)19)9-7-16-12-26-8-3-2-4-20(26)25-16/h2-6,8,10-12,14H,7,9,13H2,1H3. The van der Waals surface area contributed by atoms with Crippen LogP contribution >= 0.6 is 0 Å². The van der Waals surface area contributed by atoms with E-state index in [1.165, 1.54) is 6.33 Å². The third-order valence-corrected chi connectivity index (χ3v) is 5.27. The molecule has 1 amide bonds. The zero-order chi connectivity index (χ0) is 19.8. The van der Waals surface area contributed by atoms with Gasteiger partial charge >= 0.3 is 0 Å². The fraction of sp³-hybridized carbons (Fsp3) is 0.182. The highest BCUT2D eigenvalue weighted by molar-refractivity contribution is 6.03. The predicted octanol–water partition coefficient (Wildman–Crippen LogP) is 3.00. The van der Waals surface area contributed by atoms with Gasteiger partial charge in [-0.2, -0.15) is 0 Å². The molecule has 5 rings (SSSR count). The highest BCUT2D eigenvalue weighted by Crippen LogP contribution is 2.37. The van der Waals surface area contributed by atoms with E-state index in [2.05, 4.69) is 15.0 Å². The SMILES string of the molecule is COc1ccc(-c2cncnc2)c2c1C(=O)N(CCc1cn3ccccc3n1)C2. The number of rotatable bonds is 5. The summed E-state index contributed by atoms with van der Waals surface area (Å²) >= 11 is 0. The minimum atomic E-state index is -0.0145. The van der Waals surface area contributed by atoms with Gasteiger partial charge in [0, 0.05) is 49.9 Å². The Labute approximate surface area is 167 Å². The van der Waals surface area contributed by atoms with Crippen molar-refractivity contribution in [3.63, 3.8) is 0 Å². The Morgan fingerprint density at radius 3 is 2.79 bits per heavy atom. The third kappa shape index (κ3) is 3.00. The lowest BCUT2D eigenvalue weighted by Crippen LogP contribution is -2.26. The third-order valence-electron chi connectivity index (χ3n) is 5.27. The smallest absolute Gasteiger partial charge is 0.258 e. The largest absolute Gasteiger partial charge is 0.496 e. The number of benzene rings is 1. The molecule has 3 aromatic heterocycles. The molecule has 0 bridgehead atoms. The molecule has 144 valence electrons. The summed E-state index contributed by atoms with van der Waals surface area (Å²) in [6.45, 7) is 1.12. The monoisotopic (exact) mass is 385 g/mol. The molecule has 0 aliphatic carbocycles. The molecule has 0 unspecified atom stereocenters. The number of fused-ring (bicyclic) bond motifs is 2. The highest BCUT2D eigenvalue weighted by Gasteiger charge is 2.33. The van der Waals surface area contributed by atoms with Crippen LogP contribution in [0, 0.1) is 0 Å². The minimum Gasteiger partial charge on any atom is -0.496 e. The average molecular weight is 385 g/mol. The maximum atomic E-state index is 13.1. The number of amides is 1. The zero-order valence-corrected chi connectivity index (χ0v) is 15.9. The summed E-state index contributed by atoms with van der Waals surface area (Å²) in [4.78, 5) is 27.8. The number of nitrogens with zero attached hydrogens (tertiary/aromatic N) is 5. The minimum absolute atomic E-state index is 0.0145. The molecule has 0 saturated carbocycles. The summed E-state index contributed by atoms with van der Waals surface area (Å²) in [5, 5.41) is 0. The summed E-state index contributed by atoms with van der Waals surface area (Å²) in [7, 11) is 1.59. The van der Waals surface area contributed by atoms with Crippen molar-refractivity contribution in [2.24, 2.45) is 0 Å². The topological polar surface area (TPSA) is 72.6 Å². The van der Waals surface area contributed by atoms with Crippen molar-refractivity contribution >= 4 is 11.6 Å². The van der Waals surface area contributed by atoms with Crippen LogP contribution in [-0.4, -0.2) is 43.8 Å². The van der Waals surface area contributed by atoms with Crippen LogP contribution < -0.4 is 4.74 Å². The number of methoxy groups -OCH3 is 1. The molecule has 0 atom stereocenters. The Morgan fingerprint density at radius 1 is 1.14 bits per heavy atom. The molecule has 0 radical (unpaired) electrons. The first kappa shape index (κ1) is 17.4. The van der Waals surface area contributed by atoms with Gasteiger partial charge in [0.15, 0.2) is 0 Å². The summed E-state index contributed by atoms with van der Waals surface area (Å²) < 4.78 is 7.47. The van der Waals surface area contributed by atoms with Crippen LogP contribution in [-0.2, 0) is 13.0 Å². The molecule has 29 heavy (non-hydrogen) atoms. The average Bonchev–Trinajstić information content (AvgIpc) is 3.33. The van der Waals surface area contributed by atoms with Crippen molar-refractivity contribution in [3.05, 3.63) is 78.3 Å². The molecule has 0 fully saturated rings. The number of hydrogen-bond acceptors (Lipinski definition) is 5. The lowest BCUT2D eigenvalue weighted by molar-refractivity contribution is 0.0777. The number of pyridine rings is 1. The number of aromatic nitrogens is 4. The van der Waals surface area contributed by atoms with E-state index in [1.807, 2.05) is 52.0 Å². The van der Waals surface area contributed by atoms with E-state index in [1.54, 1.807) is 19.5 Å². The lowest BCUT2D eigenvalue weighted by Gasteiger charge is -2.14. The van der Waals surface area contributed by atoms with Gasteiger partial charge in [-0.15, -0.1) is 0 Å². The normalized spacial score (nSPS) is 13.1. The van der Waals surface area contributed by atoms with E-state index in [9.17, 15) is 4.79 Å². The quantitative estimate of drug-likeness (QED) is 0.528. The van der Waals surface area contributed by atoms with Crippen LogP contribution in [0.5, 0.6) is 5.75 Å². The summed E-state index contributed by atoms with van der Waals surface area (Å²) in [5.74, 6) is 0.583. The zero-order valence-electron chi connectivity index (χ0n) is 15.9. The van der Waals surface area contributed by atoms with Crippen LogP contribution in [0.15, 0.2) is 61.4 Å². The molecule has 4 aromatic rings. The lowest BCUT2D eigenvalue weighted by atomic mass is 9.98. The first-order chi connectivity index (χ1) is 14.2. The first-order valence-electron chi connectivity index (χ1n) is 9.42. The van der Waals surface area contributed by atoms with Gasteiger partial charge in [0.25, 0.3) is 5.91 Å². The van der Waals surface area contributed by atoms with E-state index in [-0.39, 0.29) is 5.91 Å². The number of carbonyl (C=O) groups excluding carboxylic acids is 1. The highest BCUT2D eigenvalue weighted by atomic mass is 16.5. The Balaban J connectivity index is 1.43. The Hall–Kier alpha value is -3.74. The second-order valence-corrected chi connectivity index (χ2v) is 6.97. The van der Waals surface area contributed by atoms with Crippen molar-refractivity contribution in [3.8, 4) is 16.9 Å². The van der Waals surface area contributed by atoms with Gasteiger partial charge < -0.3 is 14.0 Å². The van der Waals surface area contributed by atoms with Gasteiger partial charge in [-0.25, -0.2) is 15.0 Å². The van der Waals surface area contributed by atoms with Gasteiger partial charge in [-0.1, -0.05) is 12.1 Å². The summed E-state index contributed by atoms with van der Waals surface area (Å²) in [5.41, 5.74) is 5.31. The number of imidazole rings is 1. The van der Waals surface area contributed by atoms with E-state index in [4.69, 9.17) is 4.74 Å². The molecule has 4 heterocycles. The van der Waals surface area contributed by atoms with E-state index >= 15 is 0 Å². The molecule has 1 aliphatic rings. The summed E-state index contributed by atoms with van der Waals surface area (Å²) in [6.07, 6.45) is 9.70. The van der Waals surface area contributed by atoms with Gasteiger partial charge in [-0.3, -0.25) is 4.79 Å². The van der Waals surface area contributed by atoms with Crippen LogP contribution in [0.1, 0.15) is 21.6 Å². The fourth-order valence-electron chi connectivity index (χ4n) is 3.86. The van der Waals surface area contributed by atoms with Gasteiger partial charge in [0.2, 0.25) is 0 Å². The molecule has 7 heteroatoms. The van der Waals surface area contributed by atoms with Crippen molar-refractivity contribution in [1.82, 2.24) is 24.3 Å². The molecule has 0 saturated heterocycles. The van der Waals surface area contributed by atoms with E-state index in [0.29, 0.717) is 30.8 Å². The van der Waals surface area contributed by atoms with Gasteiger partial charge in [0.05, 0.1) is 18.4 Å². The summed E-state index contributed by atoms with van der Waals surface area (Å²) in [6, 6.07) is 9.72. The number of hydrogen-bond donors (Lipinski definition) is 0. The second-order valence-electron chi connectivity index (χ2n) is 6.97.